The normalized spacial score (nSPS) is 11.0. The van der Waals surface area contributed by atoms with Gasteiger partial charge in [-0.25, -0.2) is 0 Å². The van der Waals surface area contributed by atoms with Crippen molar-refractivity contribution in [3.05, 3.63) is 0 Å². The first kappa shape index (κ1) is 11.8. The van der Waals surface area contributed by atoms with Crippen molar-refractivity contribution in [1.29, 1.82) is 0 Å². The molecule has 0 saturated carbocycles. The van der Waals surface area contributed by atoms with E-state index >= 15 is 0 Å². The molecule has 12 heavy (non-hydrogen) atoms. The Bertz CT molecular complexity index is 82.4. The van der Waals surface area contributed by atoms with E-state index in [9.17, 15) is 0 Å². The van der Waals surface area contributed by atoms with Gasteiger partial charge in [-0.1, -0.05) is 0 Å². The van der Waals surface area contributed by atoms with Crippen LogP contribution in [0.25, 0.3) is 0 Å². The molecule has 0 spiro atoms. The lowest BCUT2D eigenvalue weighted by Crippen LogP contribution is -3.12. The van der Waals surface area contributed by atoms with Gasteiger partial charge in [0.05, 0.1) is 19.7 Å². The lowest BCUT2D eigenvalue weighted by Gasteiger charge is -2.17. The van der Waals surface area contributed by atoms with Crippen LogP contribution in [0.2, 0.25) is 0 Å². The quantitative estimate of drug-likeness (QED) is 0.336. The minimum atomic E-state index is 0.173. The summed E-state index contributed by atoms with van der Waals surface area (Å²) < 4.78 is 0. The fraction of sp³-hybridized carbons (Fsp3) is 1.00. The molecule has 0 unspecified atom stereocenters. The number of aliphatic hydroxyl groups is 3. The Labute approximate surface area is 73.4 Å². The van der Waals surface area contributed by atoms with Crippen molar-refractivity contribution in [2.75, 3.05) is 39.5 Å². The van der Waals surface area contributed by atoms with Crippen LogP contribution in [0, 0.1) is 0 Å². The Morgan fingerprint density at radius 2 is 1.17 bits per heavy atom. The van der Waals surface area contributed by atoms with Crippen LogP contribution in [0.1, 0.15) is 12.8 Å². The van der Waals surface area contributed by atoms with Gasteiger partial charge in [0, 0.05) is 26.1 Å². The first-order chi connectivity index (χ1) is 5.85. The zero-order valence-corrected chi connectivity index (χ0v) is 7.50. The molecule has 0 aliphatic carbocycles. The number of hydrogen-bond donors (Lipinski definition) is 4. The SMILES string of the molecule is OCCC[NH+](CCO)CCCO. The molecule has 0 aliphatic rings. The van der Waals surface area contributed by atoms with Crippen molar-refractivity contribution in [3.63, 3.8) is 0 Å². The van der Waals surface area contributed by atoms with Gasteiger partial charge in [0.1, 0.15) is 6.54 Å². The van der Waals surface area contributed by atoms with E-state index in [1.54, 1.807) is 0 Å². The van der Waals surface area contributed by atoms with Gasteiger partial charge in [0.25, 0.3) is 0 Å². The number of rotatable bonds is 8. The molecule has 0 aromatic heterocycles. The average molecular weight is 178 g/mol. The first-order valence-electron chi connectivity index (χ1n) is 4.51. The van der Waals surface area contributed by atoms with Crippen LogP contribution in [-0.4, -0.2) is 54.8 Å². The third kappa shape index (κ3) is 6.54. The van der Waals surface area contributed by atoms with E-state index in [2.05, 4.69) is 0 Å². The van der Waals surface area contributed by atoms with E-state index in [-0.39, 0.29) is 19.8 Å². The van der Waals surface area contributed by atoms with Gasteiger partial charge in [-0.15, -0.1) is 0 Å². The van der Waals surface area contributed by atoms with Gasteiger partial charge < -0.3 is 20.2 Å². The molecule has 4 N–H and O–H groups in total. The molecular weight excluding hydrogens is 158 g/mol. The minimum absolute atomic E-state index is 0.173. The van der Waals surface area contributed by atoms with Crippen molar-refractivity contribution < 1.29 is 20.2 Å². The number of nitrogens with one attached hydrogen (secondary N) is 1. The topological polar surface area (TPSA) is 65.1 Å². The second-order valence-electron chi connectivity index (χ2n) is 2.88. The molecule has 0 amide bonds. The highest BCUT2D eigenvalue weighted by Gasteiger charge is 2.05. The summed E-state index contributed by atoms with van der Waals surface area (Å²) in [6, 6.07) is 0. The van der Waals surface area contributed by atoms with Gasteiger partial charge in [-0.05, 0) is 0 Å². The molecule has 4 heteroatoms. The standard InChI is InChI=1S/C8H19NO3/c10-6-1-3-9(5-8-12)4-2-7-11/h10-12H,1-8H2/p+1. The Hall–Kier alpha value is -0.160. The fourth-order valence-electron chi connectivity index (χ4n) is 1.19. The van der Waals surface area contributed by atoms with Crippen LogP contribution in [0.4, 0.5) is 0 Å². The maximum Gasteiger partial charge on any atom is 0.101 e. The summed E-state index contributed by atoms with van der Waals surface area (Å²) in [4.78, 5) is 1.25. The second kappa shape index (κ2) is 8.93. The summed E-state index contributed by atoms with van der Waals surface area (Å²) >= 11 is 0. The zero-order valence-electron chi connectivity index (χ0n) is 7.50. The van der Waals surface area contributed by atoms with Crippen LogP contribution in [0.5, 0.6) is 0 Å². The second-order valence-corrected chi connectivity index (χ2v) is 2.88. The Morgan fingerprint density at radius 1 is 0.667 bits per heavy atom. The van der Waals surface area contributed by atoms with Crippen LogP contribution in [0.15, 0.2) is 0 Å². The molecule has 74 valence electrons. The summed E-state index contributed by atoms with van der Waals surface area (Å²) in [6.45, 7) is 3.03. The summed E-state index contributed by atoms with van der Waals surface area (Å²) in [5, 5.41) is 25.9. The van der Waals surface area contributed by atoms with Crippen molar-refractivity contribution >= 4 is 0 Å². The molecule has 0 radical (unpaired) electrons. The maximum absolute atomic E-state index is 8.69. The molecule has 0 saturated heterocycles. The van der Waals surface area contributed by atoms with Gasteiger partial charge >= 0.3 is 0 Å². The fourth-order valence-corrected chi connectivity index (χ4v) is 1.19. The molecule has 0 rings (SSSR count). The van der Waals surface area contributed by atoms with Crippen molar-refractivity contribution in [3.8, 4) is 0 Å². The lowest BCUT2D eigenvalue weighted by molar-refractivity contribution is -0.901. The van der Waals surface area contributed by atoms with Crippen molar-refractivity contribution in [2.45, 2.75) is 12.8 Å². The molecule has 0 bridgehead atoms. The van der Waals surface area contributed by atoms with Gasteiger partial charge in [-0.3, -0.25) is 0 Å². The monoisotopic (exact) mass is 178 g/mol. The molecule has 0 fully saturated rings. The van der Waals surface area contributed by atoms with Gasteiger partial charge in [0.2, 0.25) is 0 Å². The smallest absolute Gasteiger partial charge is 0.101 e. The van der Waals surface area contributed by atoms with E-state index in [1.807, 2.05) is 0 Å². The minimum Gasteiger partial charge on any atom is -0.396 e. The molecule has 0 aromatic rings. The van der Waals surface area contributed by atoms with Crippen molar-refractivity contribution in [2.24, 2.45) is 0 Å². The third-order valence-corrected chi connectivity index (χ3v) is 1.84. The highest BCUT2D eigenvalue weighted by Crippen LogP contribution is 1.71. The maximum atomic E-state index is 8.69. The van der Waals surface area contributed by atoms with Crippen LogP contribution in [-0.2, 0) is 0 Å². The molecule has 0 atom stereocenters. The summed E-state index contributed by atoms with van der Waals surface area (Å²) in [5.74, 6) is 0. The van der Waals surface area contributed by atoms with E-state index in [4.69, 9.17) is 15.3 Å². The van der Waals surface area contributed by atoms with Crippen LogP contribution >= 0.6 is 0 Å². The summed E-state index contributed by atoms with van der Waals surface area (Å²) in [7, 11) is 0. The highest BCUT2D eigenvalue weighted by atomic mass is 16.3. The number of aliphatic hydroxyl groups excluding tert-OH is 3. The molecule has 4 nitrogen and oxygen atoms in total. The number of quaternary nitrogens is 1. The Kier molecular flexibility index (Phi) is 8.81. The van der Waals surface area contributed by atoms with E-state index in [0.29, 0.717) is 6.54 Å². The van der Waals surface area contributed by atoms with Gasteiger partial charge in [0.15, 0.2) is 0 Å². The third-order valence-electron chi connectivity index (χ3n) is 1.84. The zero-order chi connectivity index (χ0) is 9.23. The average Bonchev–Trinajstić information content (AvgIpc) is 2.10. The van der Waals surface area contributed by atoms with Gasteiger partial charge in [-0.2, -0.15) is 0 Å². The predicted molar refractivity (Wildman–Crippen MR) is 46.1 cm³/mol. The number of hydrogen-bond acceptors (Lipinski definition) is 3. The largest absolute Gasteiger partial charge is 0.396 e. The molecule has 0 aromatic carbocycles. The Morgan fingerprint density at radius 3 is 1.50 bits per heavy atom. The summed E-state index contributed by atoms with van der Waals surface area (Å²) in [6.07, 6.45) is 1.53. The molecule has 0 heterocycles. The molecule has 0 aliphatic heterocycles. The highest BCUT2D eigenvalue weighted by molar-refractivity contribution is 4.34. The molecular formula is C8H20NO3+. The first-order valence-corrected chi connectivity index (χ1v) is 4.51. The summed E-state index contributed by atoms with van der Waals surface area (Å²) in [5.41, 5.74) is 0. The lowest BCUT2D eigenvalue weighted by atomic mass is 10.3. The Balaban J connectivity index is 3.40. The van der Waals surface area contributed by atoms with E-state index in [1.165, 1.54) is 4.90 Å². The van der Waals surface area contributed by atoms with E-state index in [0.717, 1.165) is 25.9 Å². The van der Waals surface area contributed by atoms with Crippen molar-refractivity contribution in [1.82, 2.24) is 0 Å². The van der Waals surface area contributed by atoms with Crippen LogP contribution < -0.4 is 4.90 Å². The van der Waals surface area contributed by atoms with Crippen LogP contribution in [0.3, 0.4) is 0 Å². The van der Waals surface area contributed by atoms with E-state index < -0.39 is 0 Å². The predicted octanol–water partition coefficient (Wildman–Crippen LogP) is -2.37.